The first-order chi connectivity index (χ1) is 29.7. The molecule has 0 aliphatic heterocycles. The lowest BCUT2D eigenvalue weighted by molar-refractivity contribution is 1.18. The average molecular weight is 765 g/mol. The second-order valence-electron chi connectivity index (χ2n) is 15.1. The third kappa shape index (κ3) is 7.83. The zero-order valence-corrected chi connectivity index (χ0v) is 33.0. The Kier molecular flexibility index (Phi) is 10.0. The van der Waals surface area contributed by atoms with Gasteiger partial charge in [0.25, 0.3) is 0 Å². The highest BCUT2D eigenvalue weighted by molar-refractivity contribution is 5.87. The molecule has 0 aliphatic carbocycles. The van der Waals surface area contributed by atoms with E-state index in [2.05, 4.69) is 231 Å². The number of hydrogen-bond acceptors (Lipinski definition) is 2. The van der Waals surface area contributed by atoms with Gasteiger partial charge in [-0.15, -0.1) is 0 Å². The molecule has 0 fully saturated rings. The molecule has 0 amide bonds. The maximum atomic E-state index is 5.12. The van der Waals surface area contributed by atoms with Gasteiger partial charge in [-0.25, -0.2) is 9.97 Å². The quantitative estimate of drug-likeness (QED) is 0.146. The Bertz CT molecular complexity index is 2940. The summed E-state index contributed by atoms with van der Waals surface area (Å²) in [4.78, 5) is 10.2. The molecule has 0 saturated heterocycles. The van der Waals surface area contributed by atoms with Crippen molar-refractivity contribution in [3.8, 4) is 101 Å². The van der Waals surface area contributed by atoms with Gasteiger partial charge in [0.15, 0.2) is 5.82 Å². The molecule has 0 N–H and O–H groups in total. The van der Waals surface area contributed by atoms with Crippen LogP contribution in [-0.4, -0.2) is 9.97 Å². The van der Waals surface area contributed by atoms with Gasteiger partial charge in [-0.05, 0) is 121 Å². The summed E-state index contributed by atoms with van der Waals surface area (Å²) in [5, 5.41) is 0. The van der Waals surface area contributed by atoms with E-state index in [4.69, 9.17) is 9.97 Å². The zero-order chi connectivity index (χ0) is 40.1. The Morgan fingerprint density at radius 3 is 0.767 bits per heavy atom. The molecular weight excluding hydrogens is 725 g/mol. The monoisotopic (exact) mass is 764 g/mol. The molecule has 0 bridgehead atoms. The molecular formula is C58H40N2. The van der Waals surface area contributed by atoms with Gasteiger partial charge in [-0.1, -0.05) is 188 Å². The van der Waals surface area contributed by atoms with Crippen molar-refractivity contribution in [1.82, 2.24) is 9.97 Å². The summed E-state index contributed by atoms with van der Waals surface area (Å²) in [6.45, 7) is 0. The van der Waals surface area contributed by atoms with Crippen molar-refractivity contribution in [1.29, 1.82) is 0 Å². The first kappa shape index (κ1) is 36.4. The molecule has 2 nitrogen and oxygen atoms in total. The van der Waals surface area contributed by atoms with Crippen LogP contribution in [0.25, 0.3) is 101 Å². The van der Waals surface area contributed by atoms with Gasteiger partial charge in [0.2, 0.25) is 0 Å². The van der Waals surface area contributed by atoms with Crippen LogP contribution in [0.4, 0.5) is 0 Å². The molecule has 9 aromatic carbocycles. The molecule has 1 heterocycles. The summed E-state index contributed by atoms with van der Waals surface area (Å²) in [6, 6.07) is 86.2. The van der Waals surface area contributed by atoms with Crippen LogP contribution in [-0.2, 0) is 0 Å². The second-order valence-corrected chi connectivity index (χ2v) is 15.1. The van der Waals surface area contributed by atoms with E-state index >= 15 is 0 Å². The van der Waals surface area contributed by atoms with Gasteiger partial charge in [-0.3, -0.25) is 0 Å². The Morgan fingerprint density at radius 1 is 0.167 bits per heavy atom. The molecule has 282 valence electrons. The van der Waals surface area contributed by atoms with Crippen LogP contribution < -0.4 is 0 Å². The van der Waals surface area contributed by atoms with E-state index < -0.39 is 0 Å². The highest BCUT2D eigenvalue weighted by Crippen LogP contribution is 2.38. The lowest BCUT2D eigenvalue weighted by atomic mass is 9.89. The Labute approximate surface area is 351 Å². The number of nitrogens with zero attached hydrogens (tertiary/aromatic N) is 2. The number of benzene rings is 9. The number of rotatable bonds is 9. The normalized spacial score (nSPS) is 11.0. The molecule has 0 radical (unpaired) electrons. The summed E-state index contributed by atoms with van der Waals surface area (Å²) in [7, 11) is 0. The molecule has 60 heavy (non-hydrogen) atoms. The van der Waals surface area contributed by atoms with Crippen molar-refractivity contribution < 1.29 is 0 Å². The fourth-order valence-corrected chi connectivity index (χ4v) is 7.95. The fraction of sp³-hybridized carbons (Fsp3) is 0. The van der Waals surface area contributed by atoms with Crippen molar-refractivity contribution in [2.75, 3.05) is 0 Å². The summed E-state index contributed by atoms with van der Waals surface area (Å²) in [6.07, 6.45) is 0. The topological polar surface area (TPSA) is 25.8 Å². The minimum absolute atomic E-state index is 0.695. The molecule has 2 heteroatoms. The Hall–Kier alpha value is -7.94. The van der Waals surface area contributed by atoms with Crippen LogP contribution >= 0.6 is 0 Å². The first-order valence-electron chi connectivity index (χ1n) is 20.4. The maximum absolute atomic E-state index is 5.12. The standard InChI is InChI=1S/C58H40N2/c1-6-18-41(19-7-1)50-34-51(42-20-8-2-9-21-42)37-54(36-50)55-38-52(43-22-10-3-11-23-43)35-53(39-55)48-30-16-28-46(32-48)47-29-17-31-49(33-47)58-59-56(44-24-12-4-13-25-44)40-57(60-58)45-26-14-5-15-27-45/h1-40H. The molecule has 0 unspecified atom stereocenters. The minimum atomic E-state index is 0.695. The van der Waals surface area contributed by atoms with E-state index in [-0.39, 0.29) is 0 Å². The highest BCUT2D eigenvalue weighted by Gasteiger charge is 2.14. The van der Waals surface area contributed by atoms with Crippen LogP contribution in [0.15, 0.2) is 243 Å². The van der Waals surface area contributed by atoms with Crippen LogP contribution in [0.3, 0.4) is 0 Å². The van der Waals surface area contributed by atoms with E-state index in [0.717, 1.165) is 50.3 Å². The van der Waals surface area contributed by atoms with Crippen LogP contribution in [0.5, 0.6) is 0 Å². The fourth-order valence-electron chi connectivity index (χ4n) is 7.95. The van der Waals surface area contributed by atoms with Gasteiger partial charge >= 0.3 is 0 Å². The molecule has 0 aliphatic rings. The first-order valence-corrected chi connectivity index (χ1v) is 20.4. The van der Waals surface area contributed by atoms with Gasteiger partial charge < -0.3 is 0 Å². The van der Waals surface area contributed by atoms with Crippen molar-refractivity contribution in [3.63, 3.8) is 0 Å². The molecule has 1 aromatic heterocycles. The lowest BCUT2D eigenvalue weighted by Crippen LogP contribution is -1.96. The van der Waals surface area contributed by atoms with Crippen molar-refractivity contribution in [2.45, 2.75) is 0 Å². The number of hydrogen-bond donors (Lipinski definition) is 0. The smallest absolute Gasteiger partial charge is 0.160 e. The maximum Gasteiger partial charge on any atom is 0.160 e. The van der Waals surface area contributed by atoms with Gasteiger partial charge in [0.05, 0.1) is 11.4 Å². The van der Waals surface area contributed by atoms with Crippen molar-refractivity contribution >= 4 is 0 Å². The third-order valence-corrected chi connectivity index (χ3v) is 11.0. The predicted octanol–water partition coefficient (Wildman–Crippen LogP) is 15.5. The molecule has 0 saturated carbocycles. The zero-order valence-electron chi connectivity index (χ0n) is 33.0. The summed E-state index contributed by atoms with van der Waals surface area (Å²) >= 11 is 0. The van der Waals surface area contributed by atoms with Gasteiger partial charge in [0.1, 0.15) is 0 Å². The second kappa shape index (κ2) is 16.5. The van der Waals surface area contributed by atoms with E-state index in [0.29, 0.717) is 5.82 Å². The van der Waals surface area contributed by atoms with Crippen molar-refractivity contribution in [3.05, 3.63) is 243 Å². The molecule has 0 spiro atoms. The third-order valence-electron chi connectivity index (χ3n) is 11.0. The van der Waals surface area contributed by atoms with Crippen LogP contribution in [0.1, 0.15) is 0 Å². The minimum Gasteiger partial charge on any atom is -0.228 e. The Morgan fingerprint density at radius 2 is 0.400 bits per heavy atom. The SMILES string of the molecule is c1ccc(-c2cc(-c3ccccc3)cc(-c3cc(-c4ccccc4)cc(-c4cccc(-c5cccc(-c6nc(-c7ccccc7)cc(-c7ccccc7)n6)c5)c4)c3)c2)cc1. The number of aromatic nitrogens is 2. The molecule has 10 rings (SSSR count). The van der Waals surface area contributed by atoms with Crippen LogP contribution in [0, 0.1) is 0 Å². The lowest BCUT2D eigenvalue weighted by Gasteiger charge is -2.15. The van der Waals surface area contributed by atoms with E-state index in [9.17, 15) is 0 Å². The van der Waals surface area contributed by atoms with Crippen LogP contribution in [0.2, 0.25) is 0 Å². The molecule has 10 aromatic rings. The van der Waals surface area contributed by atoms with E-state index in [1.807, 2.05) is 12.1 Å². The molecule has 0 atom stereocenters. The van der Waals surface area contributed by atoms with E-state index in [1.165, 1.54) is 44.5 Å². The van der Waals surface area contributed by atoms with Gasteiger partial charge in [0, 0.05) is 16.7 Å². The highest BCUT2D eigenvalue weighted by atomic mass is 14.9. The predicted molar refractivity (Wildman–Crippen MR) is 251 cm³/mol. The van der Waals surface area contributed by atoms with E-state index in [1.54, 1.807) is 0 Å². The average Bonchev–Trinajstić information content (AvgIpc) is 3.35. The summed E-state index contributed by atoms with van der Waals surface area (Å²) < 4.78 is 0. The summed E-state index contributed by atoms with van der Waals surface area (Å²) in [5.74, 6) is 0.695. The van der Waals surface area contributed by atoms with Crippen molar-refractivity contribution in [2.24, 2.45) is 0 Å². The Balaban J connectivity index is 1.08. The van der Waals surface area contributed by atoms with Gasteiger partial charge in [-0.2, -0.15) is 0 Å². The summed E-state index contributed by atoms with van der Waals surface area (Å²) in [5.41, 5.74) is 18.9. The largest absolute Gasteiger partial charge is 0.228 e.